The highest BCUT2D eigenvalue weighted by Crippen LogP contribution is 2.24. The number of rotatable bonds is 3. The minimum atomic E-state index is -0.332. The van der Waals surface area contributed by atoms with Crippen molar-refractivity contribution in [3.63, 3.8) is 0 Å². The molecule has 0 unspecified atom stereocenters. The molecule has 0 spiro atoms. The molecule has 1 nitrogen and oxygen atoms in total. The van der Waals surface area contributed by atoms with Gasteiger partial charge in [0, 0.05) is 6.07 Å². The molecule has 0 fully saturated rings. The Morgan fingerprint density at radius 2 is 1.59 bits per heavy atom. The van der Waals surface area contributed by atoms with Crippen molar-refractivity contribution in [3.05, 3.63) is 59.7 Å². The normalized spacial score (nSPS) is 10.3. The van der Waals surface area contributed by atoms with E-state index < -0.39 is 0 Å². The lowest BCUT2D eigenvalue weighted by molar-refractivity contribution is 0.474. The summed E-state index contributed by atoms with van der Waals surface area (Å²) in [4.78, 5) is 0. The van der Waals surface area contributed by atoms with Gasteiger partial charge in [0.05, 0.1) is 0 Å². The zero-order chi connectivity index (χ0) is 12.3. The highest BCUT2D eigenvalue weighted by atomic mass is 19.1. The summed E-state index contributed by atoms with van der Waals surface area (Å²) in [5, 5.41) is 0. The average molecular weight is 234 g/mol. The monoisotopic (exact) mass is 234 g/mol. The van der Waals surface area contributed by atoms with Gasteiger partial charge in [-0.1, -0.05) is 6.92 Å². The third kappa shape index (κ3) is 3.03. The van der Waals surface area contributed by atoms with Gasteiger partial charge in [-0.3, -0.25) is 0 Å². The SMILES string of the molecule is CCc1cc(F)cc(Oc2ccc(F)cc2)c1. The van der Waals surface area contributed by atoms with Crippen LogP contribution >= 0.6 is 0 Å². The van der Waals surface area contributed by atoms with Gasteiger partial charge in [-0.15, -0.1) is 0 Å². The fraction of sp³-hybridized carbons (Fsp3) is 0.143. The van der Waals surface area contributed by atoms with E-state index >= 15 is 0 Å². The van der Waals surface area contributed by atoms with Crippen molar-refractivity contribution in [1.29, 1.82) is 0 Å². The van der Waals surface area contributed by atoms with Gasteiger partial charge in [0.1, 0.15) is 23.1 Å². The lowest BCUT2D eigenvalue weighted by atomic mass is 10.1. The molecule has 0 saturated heterocycles. The van der Waals surface area contributed by atoms with Crippen LogP contribution < -0.4 is 4.74 Å². The largest absolute Gasteiger partial charge is 0.457 e. The molecule has 88 valence electrons. The molecule has 0 saturated carbocycles. The minimum Gasteiger partial charge on any atom is -0.457 e. The smallest absolute Gasteiger partial charge is 0.130 e. The molecular weight excluding hydrogens is 222 g/mol. The molecule has 2 rings (SSSR count). The van der Waals surface area contributed by atoms with E-state index in [9.17, 15) is 8.78 Å². The Hall–Kier alpha value is -1.90. The van der Waals surface area contributed by atoms with Gasteiger partial charge in [0.25, 0.3) is 0 Å². The number of ether oxygens (including phenoxy) is 1. The quantitative estimate of drug-likeness (QED) is 0.768. The highest BCUT2D eigenvalue weighted by Gasteiger charge is 2.02. The molecule has 17 heavy (non-hydrogen) atoms. The number of hydrogen-bond donors (Lipinski definition) is 0. The zero-order valence-corrected chi connectivity index (χ0v) is 9.41. The van der Waals surface area contributed by atoms with Crippen LogP contribution in [0.25, 0.3) is 0 Å². The molecule has 0 amide bonds. The number of hydrogen-bond acceptors (Lipinski definition) is 1. The molecule has 0 bridgehead atoms. The van der Waals surface area contributed by atoms with Gasteiger partial charge in [0.2, 0.25) is 0 Å². The maximum absolute atomic E-state index is 13.2. The van der Waals surface area contributed by atoms with E-state index in [2.05, 4.69) is 0 Å². The summed E-state index contributed by atoms with van der Waals surface area (Å²) < 4.78 is 31.4. The van der Waals surface area contributed by atoms with Gasteiger partial charge < -0.3 is 4.74 Å². The first kappa shape index (κ1) is 11.6. The lowest BCUT2D eigenvalue weighted by Crippen LogP contribution is -1.89. The summed E-state index contributed by atoms with van der Waals surface area (Å²) in [6.45, 7) is 1.94. The molecule has 2 aromatic rings. The van der Waals surface area contributed by atoms with E-state index in [1.807, 2.05) is 6.92 Å². The summed E-state index contributed by atoms with van der Waals surface area (Å²) in [6, 6.07) is 10.2. The zero-order valence-electron chi connectivity index (χ0n) is 9.41. The fourth-order valence-corrected chi connectivity index (χ4v) is 1.52. The van der Waals surface area contributed by atoms with E-state index in [4.69, 9.17) is 4.74 Å². The van der Waals surface area contributed by atoms with E-state index in [0.29, 0.717) is 11.5 Å². The van der Waals surface area contributed by atoms with Gasteiger partial charge in [-0.05, 0) is 48.4 Å². The number of aryl methyl sites for hydroxylation is 1. The van der Waals surface area contributed by atoms with Crippen molar-refractivity contribution in [3.8, 4) is 11.5 Å². The molecular formula is C14H12F2O. The predicted molar refractivity (Wildman–Crippen MR) is 62.3 cm³/mol. The standard InChI is InChI=1S/C14H12F2O/c1-2-10-7-12(16)9-14(8-10)17-13-5-3-11(15)4-6-13/h3-9H,2H2,1H3. The summed E-state index contributed by atoms with van der Waals surface area (Å²) in [5.41, 5.74) is 0.863. The Bertz CT molecular complexity index is 506. The van der Waals surface area contributed by atoms with Crippen molar-refractivity contribution in [2.75, 3.05) is 0 Å². The molecule has 0 aliphatic heterocycles. The Balaban J connectivity index is 2.23. The van der Waals surface area contributed by atoms with Crippen molar-refractivity contribution < 1.29 is 13.5 Å². The molecule has 0 N–H and O–H groups in total. The summed E-state index contributed by atoms with van der Waals surface area (Å²) >= 11 is 0. The number of halogens is 2. The molecule has 0 radical (unpaired) electrons. The van der Waals surface area contributed by atoms with Crippen LogP contribution in [0.5, 0.6) is 11.5 Å². The minimum absolute atomic E-state index is 0.328. The van der Waals surface area contributed by atoms with Crippen LogP contribution in [0.1, 0.15) is 12.5 Å². The molecule has 3 heteroatoms. The maximum Gasteiger partial charge on any atom is 0.130 e. The predicted octanol–water partition coefficient (Wildman–Crippen LogP) is 4.32. The lowest BCUT2D eigenvalue weighted by Gasteiger charge is -2.07. The molecule has 2 aromatic carbocycles. The summed E-state index contributed by atoms with van der Waals surface area (Å²) in [5.74, 6) is 0.250. The molecule has 0 aromatic heterocycles. The molecule has 0 aliphatic rings. The third-order valence-corrected chi connectivity index (χ3v) is 2.39. The van der Waals surface area contributed by atoms with E-state index in [1.165, 1.54) is 36.4 Å². The van der Waals surface area contributed by atoms with Crippen molar-refractivity contribution in [2.24, 2.45) is 0 Å². The Morgan fingerprint density at radius 1 is 0.882 bits per heavy atom. The van der Waals surface area contributed by atoms with Crippen molar-refractivity contribution in [1.82, 2.24) is 0 Å². The van der Waals surface area contributed by atoms with Crippen LogP contribution in [0.15, 0.2) is 42.5 Å². The Morgan fingerprint density at radius 3 is 2.24 bits per heavy atom. The van der Waals surface area contributed by atoms with Gasteiger partial charge in [-0.2, -0.15) is 0 Å². The summed E-state index contributed by atoms with van der Waals surface area (Å²) in [6.07, 6.45) is 0.734. The van der Waals surface area contributed by atoms with E-state index in [0.717, 1.165) is 12.0 Å². The first-order chi connectivity index (χ1) is 8.17. The fourth-order valence-electron chi connectivity index (χ4n) is 1.52. The van der Waals surface area contributed by atoms with Crippen molar-refractivity contribution >= 4 is 0 Å². The third-order valence-electron chi connectivity index (χ3n) is 2.39. The van der Waals surface area contributed by atoms with Gasteiger partial charge in [0.15, 0.2) is 0 Å². The Kier molecular flexibility index (Phi) is 3.38. The van der Waals surface area contributed by atoms with Crippen LogP contribution in [-0.2, 0) is 6.42 Å². The second kappa shape index (κ2) is 4.95. The van der Waals surface area contributed by atoms with Crippen LogP contribution in [0, 0.1) is 11.6 Å². The van der Waals surface area contributed by atoms with Gasteiger partial charge in [-0.25, -0.2) is 8.78 Å². The maximum atomic E-state index is 13.2. The van der Waals surface area contributed by atoms with Crippen LogP contribution in [0.2, 0.25) is 0 Å². The second-order valence-corrected chi connectivity index (χ2v) is 3.70. The van der Waals surface area contributed by atoms with Crippen LogP contribution in [0.3, 0.4) is 0 Å². The first-order valence-electron chi connectivity index (χ1n) is 5.40. The number of benzene rings is 2. The summed E-state index contributed by atoms with van der Waals surface area (Å²) in [7, 11) is 0. The van der Waals surface area contributed by atoms with E-state index in [1.54, 1.807) is 6.07 Å². The molecule has 0 aliphatic carbocycles. The first-order valence-corrected chi connectivity index (χ1v) is 5.40. The topological polar surface area (TPSA) is 9.23 Å². The molecule has 0 atom stereocenters. The average Bonchev–Trinajstić information content (AvgIpc) is 2.31. The van der Waals surface area contributed by atoms with Crippen LogP contribution in [-0.4, -0.2) is 0 Å². The van der Waals surface area contributed by atoms with Crippen molar-refractivity contribution in [2.45, 2.75) is 13.3 Å². The second-order valence-electron chi connectivity index (χ2n) is 3.70. The van der Waals surface area contributed by atoms with Crippen LogP contribution in [0.4, 0.5) is 8.78 Å². The van der Waals surface area contributed by atoms with E-state index in [-0.39, 0.29) is 11.6 Å². The van der Waals surface area contributed by atoms with Gasteiger partial charge >= 0.3 is 0 Å². The Labute approximate surface area is 98.7 Å². The molecule has 0 heterocycles. The highest BCUT2D eigenvalue weighted by molar-refractivity contribution is 5.34.